The van der Waals surface area contributed by atoms with Crippen molar-refractivity contribution < 1.29 is 37.5 Å². The molecule has 4 aliphatic heterocycles. The van der Waals surface area contributed by atoms with Gasteiger partial charge in [0.15, 0.2) is 0 Å². The van der Waals surface area contributed by atoms with Gasteiger partial charge in [0, 0.05) is 83.2 Å². The monoisotopic (exact) mass is 1030 g/mol. The number of piperazine rings is 1. The second kappa shape index (κ2) is 24.7. The number of carbonyl (C=O) groups excluding carboxylic acids is 5. The summed E-state index contributed by atoms with van der Waals surface area (Å²) in [5.41, 5.74) is 1.43. The molecule has 2 saturated carbocycles. The van der Waals surface area contributed by atoms with Gasteiger partial charge in [-0.2, -0.15) is 5.10 Å². The third-order valence-electron chi connectivity index (χ3n) is 16.5. The highest BCUT2D eigenvalue weighted by Crippen LogP contribution is 2.36. The maximum atomic E-state index is 16.2. The van der Waals surface area contributed by atoms with Gasteiger partial charge in [0.25, 0.3) is 17.4 Å². The molecule has 4 aromatic rings. The van der Waals surface area contributed by atoms with E-state index >= 15 is 8.78 Å². The number of likely N-dealkylation sites (tertiary alicyclic amines) is 3. The molecule has 1 atom stereocenters. The highest BCUT2D eigenvalue weighted by Gasteiger charge is 2.39. The number of benzene rings is 3. The number of hydrogen-bond donors (Lipinski definition) is 2. The SMILES string of the molecule is CC.O=C(NC(C(=O)N1CCC(OC2CCN(CC(=O)N3CCN(C(=O)c4cc(Cc5n[nH]c(=O)c6ccccc56)ccc4F)CC3)CC2)CC1)C1CCCCC1)c1cccc(C2CCN(C(=O)C3CC3)CC2)c1F. The first kappa shape index (κ1) is 53.7. The summed E-state index contributed by atoms with van der Waals surface area (Å²) in [4.78, 5) is 89.5. The molecule has 2 aliphatic carbocycles. The van der Waals surface area contributed by atoms with Crippen LogP contribution in [0.4, 0.5) is 8.78 Å². The number of halogens is 2. The molecular weight excluding hydrogens is 959 g/mol. The molecule has 15 nitrogen and oxygen atoms in total. The second-order valence-electron chi connectivity index (χ2n) is 21.3. The van der Waals surface area contributed by atoms with Gasteiger partial charge in [-0.15, -0.1) is 0 Å². The van der Waals surface area contributed by atoms with E-state index in [9.17, 15) is 28.8 Å². The Morgan fingerprint density at radius 2 is 1.32 bits per heavy atom. The largest absolute Gasteiger partial charge is 0.375 e. The Bertz CT molecular complexity index is 2730. The molecule has 0 bridgehead atoms. The van der Waals surface area contributed by atoms with Crippen molar-refractivity contribution in [2.75, 3.05) is 72.0 Å². The van der Waals surface area contributed by atoms with Crippen LogP contribution in [0.25, 0.3) is 10.8 Å². The molecule has 2 N–H and O–H groups in total. The Morgan fingerprint density at radius 3 is 2.00 bits per heavy atom. The summed E-state index contributed by atoms with van der Waals surface area (Å²) >= 11 is 0. The second-order valence-corrected chi connectivity index (χ2v) is 21.3. The number of nitrogens with one attached hydrogen (secondary N) is 2. The topological polar surface area (TPSA) is 169 Å². The van der Waals surface area contributed by atoms with E-state index in [1.165, 1.54) is 12.1 Å². The molecule has 402 valence electrons. The molecule has 6 aliphatic rings. The molecular formula is C58H74F2N8O7. The third kappa shape index (κ3) is 12.8. The average molecular weight is 1030 g/mol. The summed E-state index contributed by atoms with van der Waals surface area (Å²) in [5.74, 6) is -2.00. The first-order valence-corrected chi connectivity index (χ1v) is 27.8. The molecule has 0 radical (unpaired) electrons. The highest BCUT2D eigenvalue weighted by atomic mass is 19.1. The molecule has 17 heteroatoms. The number of carbonyl (C=O) groups is 5. The molecule has 5 amide bonds. The predicted molar refractivity (Wildman–Crippen MR) is 281 cm³/mol. The van der Waals surface area contributed by atoms with E-state index in [1.54, 1.807) is 46.2 Å². The number of amides is 5. The Hall–Kier alpha value is -6.07. The van der Waals surface area contributed by atoms with Crippen molar-refractivity contribution in [3.05, 3.63) is 111 Å². The zero-order valence-electron chi connectivity index (χ0n) is 43.7. The lowest BCUT2D eigenvalue weighted by Gasteiger charge is -2.40. The van der Waals surface area contributed by atoms with E-state index in [-0.39, 0.29) is 84.0 Å². The number of aromatic nitrogens is 2. The standard InChI is InChI=1S/C56H68F2N8O7.C2H6/c57-47-16-13-36(34-48-43-9-4-5-10-44(43)53(69)61-60-48)33-46(47)55(71)66-31-29-63(30-32-66)49(67)35-62-23-19-40(20-24-62)73-41-21-27-65(28-22-41)56(72)51(38-7-2-1-3-8-38)59-52(68)45-12-6-11-42(50(45)58)37-17-25-64(26-18-37)54(70)39-14-15-39;1-2/h4-6,9-13,16,33,37-41,51H,1-3,7-8,14-15,17-32,34-35H2,(H,59,68)(H,61,69);1-2H3. The van der Waals surface area contributed by atoms with E-state index in [1.807, 2.05) is 35.8 Å². The number of piperidine rings is 3. The summed E-state index contributed by atoms with van der Waals surface area (Å²) in [7, 11) is 0. The highest BCUT2D eigenvalue weighted by molar-refractivity contribution is 5.98. The van der Waals surface area contributed by atoms with Crippen LogP contribution in [-0.2, 0) is 25.5 Å². The first-order valence-electron chi connectivity index (χ1n) is 27.8. The fourth-order valence-corrected chi connectivity index (χ4v) is 12.0. The fraction of sp³-hybridized carbons (Fsp3) is 0.569. The first-order chi connectivity index (χ1) is 36.5. The quantitative estimate of drug-likeness (QED) is 0.142. The van der Waals surface area contributed by atoms with Crippen LogP contribution in [0.3, 0.4) is 0 Å². The predicted octanol–water partition coefficient (Wildman–Crippen LogP) is 7.07. The van der Waals surface area contributed by atoms with Crippen LogP contribution >= 0.6 is 0 Å². The minimum atomic E-state index is -0.738. The maximum absolute atomic E-state index is 16.2. The van der Waals surface area contributed by atoms with E-state index in [4.69, 9.17) is 4.74 Å². The Morgan fingerprint density at radius 1 is 0.680 bits per heavy atom. The normalized spacial score (nSPS) is 20.1. The van der Waals surface area contributed by atoms with Crippen LogP contribution in [0.1, 0.15) is 141 Å². The molecule has 5 heterocycles. The lowest BCUT2D eigenvalue weighted by molar-refractivity contribution is -0.140. The van der Waals surface area contributed by atoms with Crippen molar-refractivity contribution in [3.63, 3.8) is 0 Å². The van der Waals surface area contributed by atoms with Crippen molar-refractivity contribution in [3.8, 4) is 0 Å². The Kier molecular flexibility index (Phi) is 17.7. The minimum Gasteiger partial charge on any atom is -0.375 e. The molecule has 3 aromatic carbocycles. The van der Waals surface area contributed by atoms with Crippen molar-refractivity contribution in [1.29, 1.82) is 0 Å². The molecule has 4 saturated heterocycles. The van der Waals surface area contributed by atoms with Crippen molar-refractivity contribution in [2.24, 2.45) is 11.8 Å². The molecule has 1 unspecified atom stereocenters. The van der Waals surface area contributed by atoms with Gasteiger partial charge in [-0.25, -0.2) is 13.9 Å². The average Bonchev–Trinajstić information content (AvgIpc) is 4.31. The zero-order chi connectivity index (χ0) is 52.6. The molecule has 6 fully saturated rings. The summed E-state index contributed by atoms with van der Waals surface area (Å²) in [6, 6.07) is 15.8. The minimum absolute atomic E-state index is 0.00628. The van der Waals surface area contributed by atoms with Crippen molar-refractivity contribution >= 4 is 40.3 Å². The molecule has 1 aromatic heterocycles. The molecule has 75 heavy (non-hydrogen) atoms. The lowest BCUT2D eigenvalue weighted by atomic mass is 9.82. The van der Waals surface area contributed by atoms with Crippen LogP contribution in [0.15, 0.2) is 65.5 Å². The smallest absolute Gasteiger partial charge is 0.272 e. The Balaban J connectivity index is 0.00000340. The van der Waals surface area contributed by atoms with Crippen LogP contribution < -0.4 is 10.9 Å². The maximum Gasteiger partial charge on any atom is 0.272 e. The molecule has 0 spiro atoms. The van der Waals surface area contributed by atoms with Crippen LogP contribution in [0.2, 0.25) is 0 Å². The van der Waals surface area contributed by atoms with Crippen molar-refractivity contribution in [2.45, 2.75) is 128 Å². The van der Waals surface area contributed by atoms with E-state index < -0.39 is 29.5 Å². The van der Waals surface area contributed by atoms with Crippen LogP contribution in [0.5, 0.6) is 0 Å². The molecule has 10 rings (SSSR count). The van der Waals surface area contributed by atoms with E-state index in [0.29, 0.717) is 112 Å². The van der Waals surface area contributed by atoms with Gasteiger partial charge in [0.1, 0.15) is 17.7 Å². The van der Waals surface area contributed by atoms with Gasteiger partial charge in [-0.05, 0) is 111 Å². The van der Waals surface area contributed by atoms with E-state index in [0.717, 1.165) is 57.8 Å². The number of hydrogen-bond acceptors (Lipinski definition) is 9. The number of fused-ring (bicyclic) bond motifs is 1. The number of H-pyrrole nitrogens is 1. The van der Waals surface area contributed by atoms with Gasteiger partial charge in [0.05, 0.1) is 41.0 Å². The van der Waals surface area contributed by atoms with Crippen molar-refractivity contribution in [1.82, 2.24) is 40.0 Å². The summed E-state index contributed by atoms with van der Waals surface area (Å²) < 4.78 is 37.9. The van der Waals surface area contributed by atoms with Gasteiger partial charge >= 0.3 is 0 Å². The van der Waals surface area contributed by atoms with Gasteiger partial charge in [-0.3, -0.25) is 33.7 Å². The van der Waals surface area contributed by atoms with Gasteiger partial charge < -0.3 is 29.7 Å². The van der Waals surface area contributed by atoms with Gasteiger partial charge in [-0.1, -0.05) is 69.5 Å². The number of rotatable bonds is 13. The summed E-state index contributed by atoms with van der Waals surface area (Å²) in [6.07, 6.45) is 11.2. The van der Waals surface area contributed by atoms with Crippen LogP contribution in [-0.4, -0.2) is 154 Å². The summed E-state index contributed by atoms with van der Waals surface area (Å²) in [5, 5.41) is 11.0. The lowest BCUT2D eigenvalue weighted by Crippen LogP contribution is -2.55. The van der Waals surface area contributed by atoms with Gasteiger partial charge in [0.2, 0.25) is 17.7 Å². The number of aromatic amines is 1. The Labute approximate surface area is 438 Å². The number of ether oxygens (including phenoxy) is 1. The third-order valence-corrected chi connectivity index (χ3v) is 16.5. The zero-order valence-corrected chi connectivity index (χ0v) is 43.7. The number of nitrogens with zero attached hydrogens (tertiary/aromatic N) is 6. The fourth-order valence-electron chi connectivity index (χ4n) is 12.0. The summed E-state index contributed by atoms with van der Waals surface area (Å²) in [6.45, 7) is 9.17. The van der Waals surface area contributed by atoms with Crippen LogP contribution in [0, 0.1) is 23.5 Å². The van der Waals surface area contributed by atoms with E-state index in [2.05, 4.69) is 20.4 Å².